The first-order valence-electron chi connectivity index (χ1n) is 11.3. The maximum atomic E-state index is 12.8. The van der Waals surface area contributed by atoms with Gasteiger partial charge in [0.05, 0.1) is 23.0 Å². The van der Waals surface area contributed by atoms with Crippen LogP contribution in [-0.2, 0) is 17.4 Å². The van der Waals surface area contributed by atoms with E-state index in [2.05, 4.69) is 21.7 Å². The van der Waals surface area contributed by atoms with Gasteiger partial charge in [0.15, 0.2) is 6.10 Å². The van der Waals surface area contributed by atoms with Gasteiger partial charge in [-0.3, -0.25) is 4.98 Å². The lowest BCUT2D eigenvalue weighted by Crippen LogP contribution is -2.28. The number of halogens is 4. The smallest absolute Gasteiger partial charge is 0.417 e. The summed E-state index contributed by atoms with van der Waals surface area (Å²) in [6.07, 6.45) is -1.20. The van der Waals surface area contributed by atoms with Crippen molar-refractivity contribution in [2.45, 2.75) is 73.3 Å². The largest absolute Gasteiger partial charge is 0.488 e. The second-order valence-electron chi connectivity index (χ2n) is 7.34. The number of hydrogen-bond donors (Lipinski definition) is 0. The molecule has 0 aliphatic carbocycles. The van der Waals surface area contributed by atoms with Gasteiger partial charge >= 0.3 is 6.18 Å². The molecule has 6 nitrogen and oxygen atoms in total. The van der Waals surface area contributed by atoms with Crippen molar-refractivity contribution in [3.63, 3.8) is 0 Å². The molecular weight excluding hydrogens is 483 g/mol. The molecule has 2 unspecified atom stereocenters. The fourth-order valence-corrected chi connectivity index (χ4v) is 2.99. The molecule has 2 atom stereocenters. The summed E-state index contributed by atoms with van der Waals surface area (Å²) in [7, 11) is 0. The number of pyridine rings is 2. The van der Waals surface area contributed by atoms with Crippen LogP contribution in [0.4, 0.5) is 13.2 Å². The molecule has 2 rings (SSSR count). The van der Waals surface area contributed by atoms with E-state index in [4.69, 9.17) is 25.9 Å². The van der Waals surface area contributed by atoms with Crippen LogP contribution < -0.4 is 9.47 Å². The van der Waals surface area contributed by atoms with Gasteiger partial charge in [0.1, 0.15) is 23.5 Å². The highest BCUT2D eigenvalue weighted by molar-refractivity contribution is 6.31. The molecule has 2 heterocycles. The number of rotatable bonds is 10. The Bertz CT molecular complexity index is 1010. The zero-order valence-corrected chi connectivity index (χ0v) is 21.9. The third kappa shape index (κ3) is 8.42. The first-order valence-corrected chi connectivity index (χ1v) is 11.7. The molecule has 0 aromatic carbocycles. The van der Waals surface area contributed by atoms with Crippen LogP contribution >= 0.6 is 11.6 Å². The van der Waals surface area contributed by atoms with Gasteiger partial charge in [0.2, 0.25) is 5.88 Å². The molecule has 0 spiro atoms. The summed E-state index contributed by atoms with van der Waals surface area (Å²) >= 11 is 5.90. The molecule has 10 heteroatoms. The molecular formula is C25H33ClF3N3O3. The maximum absolute atomic E-state index is 12.8. The van der Waals surface area contributed by atoms with Crippen LogP contribution in [0.1, 0.15) is 62.7 Å². The van der Waals surface area contributed by atoms with Gasteiger partial charge in [0.25, 0.3) is 0 Å². The molecule has 35 heavy (non-hydrogen) atoms. The number of alkyl halides is 3. The highest BCUT2D eigenvalue weighted by Crippen LogP contribution is 2.33. The fraction of sp³-hybridized carbons (Fsp3) is 0.480. The van der Waals surface area contributed by atoms with Crippen LogP contribution in [0.25, 0.3) is 0 Å². The average Bonchev–Trinajstić information content (AvgIpc) is 2.82. The molecule has 194 valence electrons. The van der Waals surface area contributed by atoms with E-state index >= 15 is 0 Å². The van der Waals surface area contributed by atoms with Crippen LogP contribution in [0.5, 0.6) is 11.6 Å². The molecule has 0 bridgehead atoms. The summed E-state index contributed by atoms with van der Waals surface area (Å²) in [6.45, 7) is 17.2. The third-order valence-electron chi connectivity index (χ3n) is 4.92. The highest BCUT2D eigenvalue weighted by Gasteiger charge is 2.32. The predicted octanol–water partition coefficient (Wildman–Crippen LogP) is 7.13. The van der Waals surface area contributed by atoms with Crippen molar-refractivity contribution in [2.75, 3.05) is 6.61 Å². The first kappa shape index (κ1) is 30.2. The number of oxime groups is 1. The minimum atomic E-state index is -4.54. The van der Waals surface area contributed by atoms with Crippen molar-refractivity contribution >= 4 is 17.8 Å². The quantitative estimate of drug-likeness (QED) is 0.191. The SMILES string of the molecule is C=CCOc1c(C)c(C)nc(CC)c1/C=N/OC(C)C(C)Oc1ncc(C(F)(F)F)cc1Cl.CC. The summed E-state index contributed by atoms with van der Waals surface area (Å²) in [5.41, 5.74) is 2.31. The molecule has 0 aliphatic rings. The second-order valence-corrected chi connectivity index (χ2v) is 7.75. The Balaban J connectivity index is 0.00000298. The van der Waals surface area contributed by atoms with Crippen LogP contribution in [0, 0.1) is 13.8 Å². The number of hydrogen-bond acceptors (Lipinski definition) is 6. The molecule has 0 amide bonds. The van der Waals surface area contributed by atoms with E-state index in [-0.39, 0.29) is 10.9 Å². The zero-order valence-electron chi connectivity index (χ0n) is 21.2. The summed E-state index contributed by atoms with van der Waals surface area (Å²) in [4.78, 5) is 13.8. The fourth-order valence-electron chi connectivity index (χ4n) is 2.78. The molecule has 2 aromatic heterocycles. The van der Waals surface area contributed by atoms with Gasteiger partial charge in [-0.1, -0.05) is 50.2 Å². The Morgan fingerprint density at radius 2 is 1.86 bits per heavy atom. The van der Waals surface area contributed by atoms with Crippen molar-refractivity contribution in [2.24, 2.45) is 5.16 Å². The molecule has 0 radical (unpaired) electrons. The number of aromatic nitrogens is 2. The van der Waals surface area contributed by atoms with Crippen LogP contribution in [-0.4, -0.2) is 35.0 Å². The maximum Gasteiger partial charge on any atom is 0.417 e. The number of aryl methyl sites for hydroxylation is 2. The van der Waals surface area contributed by atoms with Gasteiger partial charge in [-0.05, 0) is 40.2 Å². The summed E-state index contributed by atoms with van der Waals surface area (Å²) in [5.74, 6) is 0.535. The zero-order chi connectivity index (χ0) is 26.8. The minimum Gasteiger partial charge on any atom is -0.488 e. The molecule has 0 N–H and O–H groups in total. The second kappa shape index (κ2) is 13.9. The standard InChI is InChI=1S/C23H27ClF3N3O3.C2H6/c1-7-9-31-21-13(3)14(4)30-20(8-2)18(21)12-29-33-16(6)15(5)32-22-19(24)10-17(11-28-22)23(25,26)27;1-2/h7,10-12,15-16H,1,8-9H2,2-6H3;1-2H3/b29-12+;. The van der Waals surface area contributed by atoms with Crippen LogP contribution in [0.3, 0.4) is 0 Å². The van der Waals surface area contributed by atoms with Crippen molar-refractivity contribution < 1.29 is 27.5 Å². The number of nitrogens with zero attached hydrogens (tertiary/aromatic N) is 3. The van der Waals surface area contributed by atoms with Crippen LogP contribution in [0.2, 0.25) is 5.02 Å². The van der Waals surface area contributed by atoms with Crippen LogP contribution in [0.15, 0.2) is 30.1 Å². The molecule has 0 fully saturated rings. The average molecular weight is 516 g/mol. The normalized spacial score (nSPS) is 13.0. The molecule has 0 aliphatic heterocycles. The van der Waals surface area contributed by atoms with E-state index in [1.54, 1.807) is 19.9 Å². The van der Waals surface area contributed by atoms with Gasteiger partial charge in [0, 0.05) is 17.5 Å². The summed E-state index contributed by atoms with van der Waals surface area (Å²) < 4.78 is 49.7. The molecule has 2 aromatic rings. The lowest BCUT2D eigenvalue weighted by Gasteiger charge is -2.20. The van der Waals surface area contributed by atoms with E-state index in [1.807, 2.05) is 34.6 Å². The Morgan fingerprint density at radius 1 is 1.20 bits per heavy atom. The van der Waals surface area contributed by atoms with Gasteiger partial charge in [-0.15, -0.1) is 0 Å². The van der Waals surface area contributed by atoms with E-state index in [0.29, 0.717) is 30.5 Å². The van der Waals surface area contributed by atoms with Gasteiger partial charge in [-0.25, -0.2) is 4.98 Å². The van der Waals surface area contributed by atoms with Gasteiger partial charge in [-0.2, -0.15) is 13.2 Å². The Hall–Kier alpha value is -2.81. The van der Waals surface area contributed by atoms with E-state index in [1.165, 1.54) is 6.21 Å². The molecule has 0 saturated heterocycles. The Labute approximate surface area is 210 Å². The lowest BCUT2D eigenvalue weighted by molar-refractivity contribution is -0.137. The van der Waals surface area contributed by atoms with E-state index in [0.717, 1.165) is 23.0 Å². The number of ether oxygens (including phenoxy) is 2. The summed E-state index contributed by atoms with van der Waals surface area (Å²) in [6, 6.07) is 0.768. The highest BCUT2D eigenvalue weighted by atomic mass is 35.5. The Kier molecular flexibility index (Phi) is 12.0. The summed E-state index contributed by atoms with van der Waals surface area (Å²) in [5, 5.41) is 3.82. The van der Waals surface area contributed by atoms with Crippen molar-refractivity contribution in [3.05, 3.63) is 58.0 Å². The van der Waals surface area contributed by atoms with E-state index in [9.17, 15) is 13.2 Å². The lowest BCUT2D eigenvalue weighted by atomic mass is 10.1. The molecule has 0 saturated carbocycles. The third-order valence-corrected chi connectivity index (χ3v) is 5.19. The van der Waals surface area contributed by atoms with Crippen molar-refractivity contribution in [1.29, 1.82) is 0 Å². The topological polar surface area (TPSA) is 65.8 Å². The van der Waals surface area contributed by atoms with E-state index < -0.39 is 23.9 Å². The minimum absolute atomic E-state index is 0.122. The monoisotopic (exact) mass is 515 g/mol. The predicted molar refractivity (Wildman–Crippen MR) is 133 cm³/mol. The van der Waals surface area contributed by atoms with Crippen molar-refractivity contribution in [1.82, 2.24) is 9.97 Å². The Morgan fingerprint density at radius 3 is 2.40 bits per heavy atom. The first-order chi connectivity index (χ1) is 16.5. The van der Waals surface area contributed by atoms with Gasteiger partial charge < -0.3 is 14.3 Å². The van der Waals surface area contributed by atoms with Crippen molar-refractivity contribution in [3.8, 4) is 11.6 Å².